The molecule has 1 aliphatic carbocycles. The maximum absolute atomic E-state index is 12.6. The molecular weight excluding hydrogens is 276 g/mol. The van der Waals surface area contributed by atoms with Crippen molar-refractivity contribution in [1.82, 2.24) is 0 Å². The lowest BCUT2D eigenvalue weighted by Crippen LogP contribution is -2.34. The van der Waals surface area contributed by atoms with Crippen LogP contribution >= 0.6 is 0 Å². The Morgan fingerprint density at radius 2 is 1.68 bits per heavy atom. The molecule has 2 rings (SSSR count). The molecule has 0 aromatic heterocycles. The van der Waals surface area contributed by atoms with E-state index in [9.17, 15) is 9.59 Å². The van der Waals surface area contributed by atoms with Gasteiger partial charge in [0.05, 0.1) is 0 Å². The summed E-state index contributed by atoms with van der Waals surface area (Å²) in [7, 11) is 0. The van der Waals surface area contributed by atoms with E-state index in [-0.39, 0.29) is 35.6 Å². The van der Waals surface area contributed by atoms with Crippen LogP contribution in [0.15, 0.2) is 30.3 Å². The van der Waals surface area contributed by atoms with Gasteiger partial charge >= 0.3 is 5.97 Å². The number of hydrogen-bond donors (Lipinski definition) is 0. The smallest absolute Gasteiger partial charge is 0.317 e. The summed E-state index contributed by atoms with van der Waals surface area (Å²) in [5.74, 6) is -0.510. The lowest BCUT2D eigenvalue weighted by molar-refractivity contribution is -0.161. The van der Waals surface area contributed by atoms with E-state index >= 15 is 0 Å². The zero-order valence-electron chi connectivity index (χ0n) is 13.9. The molecular formula is C19H26O3. The Morgan fingerprint density at radius 1 is 1.09 bits per heavy atom. The molecule has 0 spiro atoms. The quantitative estimate of drug-likeness (QED) is 0.610. The van der Waals surface area contributed by atoms with E-state index < -0.39 is 5.92 Å². The van der Waals surface area contributed by atoms with Crippen molar-refractivity contribution in [2.45, 2.75) is 52.6 Å². The summed E-state index contributed by atoms with van der Waals surface area (Å²) >= 11 is 0. The third-order valence-corrected chi connectivity index (χ3v) is 4.50. The molecule has 3 nitrogen and oxygen atoms in total. The zero-order chi connectivity index (χ0) is 16.3. The second-order valence-corrected chi connectivity index (χ2v) is 6.89. The predicted octanol–water partition coefficient (Wildman–Crippen LogP) is 3.97. The normalized spacial score (nSPS) is 21.9. The number of benzene rings is 1. The first-order valence-corrected chi connectivity index (χ1v) is 8.20. The van der Waals surface area contributed by atoms with Gasteiger partial charge in [-0.1, -0.05) is 58.0 Å². The number of esters is 1. The van der Waals surface area contributed by atoms with Crippen molar-refractivity contribution in [3.63, 3.8) is 0 Å². The molecule has 3 heteroatoms. The second kappa shape index (κ2) is 7.08. The van der Waals surface area contributed by atoms with Gasteiger partial charge in [-0.15, -0.1) is 0 Å². The van der Waals surface area contributed by atoms with E-state index in [0.717, 1.165) is 12.0 Å². The van der Waals surface area contributed by atoms with Gasteiger partial charge in [-0.05, 0) is 23.8 Å². The van der Waals surface area contributed by atoms with Crippen LogP contribution in [0.25, 0.3) is 0 Å². The Balaban J connectivity index is 2.17. The highest BCUT2D eigenvalue weighted by molar-refractivity contribution is 6.01. The van der Waals surface area contributed by atoms with Crippen LogP contribution in [0.3, 0.4) is 0 Å². The third-order valence-electron chi connectivity index (χ3n) is 4.50. The van der Waals surface area contributed by atoms with Crippen molar-refractivity contribution in [2.24, 2.45) is 17.8 Å². The van der Waals surface area contributed by atoms with Gasteiger partial charge in [0.25, 0.3) is 0 Å². The van der Waals surface area contributed by atoms with Gasteiger partial charge in [0.15, 0.2) is 0 Å². The summed E-state index contributed by atoms with van der Waals surface area (Å²) in [5, 5.41) is 0. The standard InChI is InChI=1S/C19H26O3/c1-12(2)18(13(3)4)22-19(21)17-15(10-11-16(17)20)14-8-6-5-7-9-14/h5-9,12-13,15,17-18H,10-11H2,1-4H3/t15-,17?/m0/s1. The number of rotatable bonds is 5. The molecule has 1 aromatic rings. The van der Waals surface area contributed by atoms with Crippen LogP contribution < -0.4 is 0 Å². The highest BCUT2D eigenvalue weighted by Gasteiger charge is 2.42. The summed E-state index contributed by atoms with van der Waals surface area (Å²) < 4.78 is 5.72. The minimum absolute atomic E-state index is 0.0186. The molecule has 2 atom stereocenters. The lowest BCUT2D eigenvalue weighted by atomic mass is 9.88. The Hall–Kier alpha value is -1.64. The molecule has 1 aliphatic rings. The minimum Gasteiger partial charge on any atom is -0.461 e. The van der Waals surface area contributed by atoms with E-state index in [4.69, 9.17) is 4.74 Å². The Morgan fingerprint density at radius 3 is 2.23 bits per heavy atom. The number of carbonyl (C=O) groups is 2. The highest BCUT2D eigenvalue weighted by atomic mass is 16.5. The summed E-state index contributed by atoms with van der Waals surface area (Å²) in [6.45, 7) is 8.18. The molecule has 1 aromatic carbocycles. The summed E-state index contributed by atoms with van der Waals surface area (Å²) in [4.78, 5) is 24.8. The van der Waals surface area contributed by atoms with Crippen molar-refractivity contribution in [2.75, 3.05) is 0 Å². The molecule has 22 heavy (non-hydrogen) atoms. The van der Waals surface area contributed by atoms with Gasteiger partial charge in [-0.25, -0.2) is 0 Å². The van der Waals surface area contributed by atoms with Crippen molar-refractivity contribution in [1.29, 1.82) is 0 Å². The molecule has 0 bridgehead atoms. The fourth-order valence-corrected chi connectivity index (χ4v) is 3.45. The SMILES string of the molecule is CC(C)C(OC(=O)C1C(=O)CC[C@H]1c1ccccc1)C(C)C. The van der Waals surface area contributed by atoms with Crippen LogP contribution in [0.5, 0.6) is 0 Å². The minimum atomic E-state index is -0.637. The first-order valence-electron chi connectivity index (χ1n) is 8.20. The number of carbonyl (C=O) groups excluding carboxylic acids is 2. The van der Waals surface area contributed by atoms with Crippen LogP contribution in [-0.4, -0.2) is 17.9 Å². The van der Waals surface area contributed by atoms with Crippen LogP contribution in [0.4, 0.5) is 0 Å². The second-order valence-electron chi connectivity index (χ2n) is 6.89. The molecule has 0 radical (unpaired) electrons. The van der Waals surface area contributed by atoms with Gasteiger partial charge in [0, 0.05) is 12.3 Å². The first-order chi connectivity index (χ1) is 10.4. The molecule has 0 amide bonds. The molecule has 0 heterocycles. The van der Waals surface area contributed by atoms with E-state index in [0.29, 0.717) is 6.42 Å². The summed E-state index contributed by atoms with van der Waals surface area (Å²) in [6.07, 6.45) is 1.06. The Bertz CT molecular complexity index is 511. The van der Waals surface area contributed by atoms with E-state index in [2.05, 4.69) is 0 Å². The largest absolute Gasteiger partial charge is 0.461 e. The van der Waals surface area contributed by atoms with Gasteiger partial charge in [0.2, 0.25) is 0 Å². The average Bonchev–Trinajstić information content (AvgIpc) is 2.86. The maximum Gasteiger partial charge on any atom is 0.317 e. The van der Waals surface area contributed by atoms with Crippen LogP contribution in [0.2, 0.25) is 0 Å². The van der Waals surface area contributed by atoms with Crippen LogP contribution in [0, 0.1) is 17.8 Å². The number of Topliss-reactive ketones (excluding diaryl/α,β-unsaturated/α-hetero) is 1. The van der Waals surface area contributed by atoms with Gasteiger partial charge in [0.1, 0.15) is 17.8 Å². The molecule has 1 saturated carbocycles. The van der Waals surface area contributed by atoms with E-state index in [1.54, 1.807) is 0 Å². The topological polar surface area (TPSA) is 43.4 Å². The molecule has 1 unspecified atom stereocenters. The Labute approximate surface area is 133 Å². The van der Waals surface area contributed by atoms with Crippen LogP contribution in [-0.2, 0) is 14.3 Å². The average molecular weight is 302 g/mol. The number of ether oxygens (including phenoxy) is 1. The number of hydrogen-bond acceptors (Lipinski definition) is 3. The molecule has 120 valence electrons. The Kier molecular flexibility index (Phi) is 5.38. The monoisotopic (exact) mass is 302 g/mol. The van der Waals surface area contributed by atoms with Crippen molar-refractivity contribution < 1.29 is 14.3 Å². The summed E-state index contributed by atoms with van der Waals surface area (Å²) in [6, 6.07) is 9.83. The van der Waals surface area contributed by atoms with E-state index in [1.165, 1.54) is 0 Å². The van der Waals surface area contributed by atoms with Crippen molar-refractivity contribution in [3.05, 3.63) is 35.9 Å². The van der Waals surface area contributed by atoms with Crippen molar-refractivity contribution in [3.8, 4) is 0 Å². The predicted molar refractivity (Wildman–Crippen MR) is 86.5 cm³/mol. The fraction of sp³-hybridized carbons (Fsp3) is 0.579. The number of ketones is 1. The third kappa shape index (κ3) is 3.57. The lowest BCUT2D eigenvalue weighted by Gasteiger charge is -2.27. The molecule has 0 aliphatic heterocycles. The zero-order valence-corrected chi connectivity index (χ0v) is 13.9. The fourth-order valence-electron chi connectivity index (χ4n) is 3.45. The molecule has 0 N–H and O–H groups in total. The molecule has 1 fully saturated rings. The van der Waals surface area contributed by atoms with E-state index in [1.807, 2.05) is 58.0 Å². The van der Waals surface area contributed by atoms with Crippen LogP contribution in [0.1, 0.15) is 52.0 Å². The van der Waals surface area contributed by atoms with Gasteiger partial charge in [-0.3, -0.25) is 9.59 Å². The molecule has 0 saturated heterocycles. The maximum atomic E-state index is 12.6. The first kappa shape index (κ1) is 16.7. The van der Waals surface area contributed by atoms with Gasteiger partial charge < -0.3 is 4.74 Å². The highest BCUT2D eigenvalue weighted by Crippen LogP contribution is 2.38. The summed E-state index contributed by atoms with van der Waals surface area (Å²) in [5.41, 5.74) is 1.06. The van der Waals surface area contributed by atoms with Crippen molar-refractivity contribution >= 4 is 11.8 Å². The van der Waals surface area contributed by atoms with Gasteiger partial charge in [-0.2, -0.15) is 0 Å².